The maximum atomic E-state index is 12.6. The summed E-state index contributed by atoms with van der Waals surface area (Å²) in [5.41, 5.74) is 0.859. The van der Waals surface area contributed by atoms with Crippen molar-refractivity contribution in [2.45, 2.75) is 19.8 Å². The van der Waals surface area contributed by atoms with Crippen molar-refractivity contribution in [3.63, 3.8) is 0 Å². The van der Waals surface area contributed by atoms with Crippen molar-refractivity contribution >= 4 is 17.6 Å². The zero-order valence-corrected chi connectivity index (χ0v) is 17.3. The molecule has 1 aromatic heterocycles. The van der Waals surface area contributed by atoms with Crippen LogP contribution in [-0.4, -0.2) is 35.4 Å². The number of methoxy groups -OCH3 is 1. The molecular weight excluding hydrogens is 398 g/mol. The van der Waals surface area contributed by atoms with E-state index < -0.39 is 11.5 Å². The van der Waals surface area contributed by atoms with Crippen LogP contribution in [0.4, 0.5) is 5.69 Å². The van der Waals surface area contributed by atoms with E-state index in [1.54, 1.807) is 44.4 Å². The summed E-state index contributed by atoms with van der Waals surface area (Å²) < 4.78 is 11.3. The number of anilines is 1. The molecule has 0 spiro atoms. The molecule has 0 aliphatic rings. The second-order valence-electron chi connectivity index (χ2n) is 6.61. The van der Waals surface area contributed by atoms with Crippen LogP contribution in [0.3, 0.4) is 0 Å². The maximum absolute atomic E-state index is 12.6. The number of amides is 1. The monoisotopic (exact) mass is 421 g/mol. The molecule has 3 rings (SSSR count). The molecule has 1 heterocycles. The minimum Gasteiger partial charge on any atom is -0.497 e. The number of nitrogens with one attached hydrogen (secondary N) is 1. The zero-order chi connectivity index (χ0) is 22.2. The van der Waals surface area contributed by atoms with Crippen LogP contribution in [0.1, 0.15) is 29.4 Å². The van der Waals surface area contributed by atoms with Crippen molar-refractivity contribution in [3.05, 3.63) is 82.3 Å². The Kier molecular flexibility index (Phi) is 7.16. The highest BCUT2D eigenvalue weighted by Gasteiger charge is 2.20. The van der Waals surface area contributed by atoms with E-state index in [2.05, 4.69) is 10.4 Å². The SMILES string of the molecule is CCOC(=O)c1nn(-c2ccccc2)c(=O)cc1NC(=O)CCc1ccc(OC)cc1. The number of aromatic nitrogens is 2. The Morgan fingerprint density at radius 1 is 1.06 bits per heavy atom. The number of esters is 1. The van der Waals surface area contributed by atoms with Crippen molar-refractivity contribution in [1.82, 2.24) is 9.78 Å². The second kappa shape index (κ2) is 10.2. The first-order valence-electron chi connectivity index (χ1n) is 9.81. The summed E-state index contributed by atoms with van der Waals surface area (Å²) >= 11 is 0. The van der Waals surface area contributed by atoms with Gasteiger partial charge in [-0.3, -0.25) is 9.59 Å². The molecule has 0 saturated carbocycles. The molecule has 8 nitrogen and oxygen atoms in total. The van der Waals surface area contributed by atoms with E-state index in [9.17, 15) is 14.4 Å². The van der Waals surface area contributed by atoms with Crippen molar-refractivity contribution in [1.29, 1.82) is 0 Å². The minimum absolute atomic E-state index is 0.0235. The third-order valence-electron chi connectivity index (χ3n) is 4.48. The van der Waals surface area contributed by atoms with E-state index in [1.807, 2.05) is 24.3 Å². The number of hydrogen-bond donors (Lipinski definition) is 1. The smallest absolute Gasteiger partial charge is 0.360 e. The van der Waals surface area contributed by atoms with Gasteiger partial charge in [0.05, 0.1) is 25.1 Å². The van der Waals surface area contributed by atoms with Crippen molar-refractivity contribution in [3.8, 4) is 11.4 Å². The molecule has 160 valence electrons. The molecule has 3 aromatic rings. The Hall–Kier alpha value is -3.94. The van der Waals surface area contributed by atoms with Crippen molar-refractivity contribution in [2.75, 3.05) is 19.0 Å². The van der Waals surface area contributed by atoms with Crippen molar-refractivity contribution < 1.29 is 19.1 Å². The van der Waals surface area contributed by atoms with Gasteiger partial charge in [-0.1, -0.05) is 30.3 Å². The Morgan fingerprint density at radius 3 is 2.42 bits per heavy atom. The van der Waals surface area contributed by atoms with Gasteiger partial charge >= 0.3 is 5.97 Å². The molecule has 0 fully saturated rings. The van der Waals surface area contributed by atoms with Crippen LogP contribution < -0.4 is 15.6 Å². The summed E-state index contributed by atoms with van der Waals surface area (Å²) in [5, 5.41) is 6.77. The van der Waals surface area contributed by atoms with Crippen LogP contribution in [0, 0.1) is 0 Å². The Balaban J connectivity index is 1.81. The highest BCUT2D eigenvalue weighted by Crippen LogP contribution is 2.16. The zero-order valence-electron chi connectivity index (χ0n) is 17.3. The van der Waals surface area contributed by atoms with Gasteiger partial charge in [0.1, 0.15) is 5.75 Å². The van der Waals surface area contributed by atoms with Crippen LogP contribution in [0.15, 0.2) is 65.5 Å². The third kappa shape index (κ3) is 5.57. The third-order valence-corrected chi connectivity index (χ3v) is 4.48. The lowest BCUT2D eigenvalue weighted by atomic mass is 10.1. The molecule has 2 aromatic carbocycles. The van der Waals surface area contributed by atoms with Gasteiger partial charge < -0.3 is 14.8 Å². The average molecular weight is 421 g/mol. The predicted octanol–water partition coefficient (Wildman–Crippen LogP) is 2.99. The number of hydrogen-bond acceptors (Lipinski definition) is 6. The fourth-order valence-electron chi connectivity index (χ4n) is 2.92. The van der Waals surface area contributed by atoms with Gasteiger partial charge in [-0.15, -0.1) is 0 Å². The molecule has 1 N–H and O–H groups in total. The molecule has 0 saturated heterocycles. The topological polar surface area (TPSA) is 99.5 Å². The summed E-state index contributed by atoms with van der Waals surface area (Å²) in [6.45, 7) is 1.80. The van der Waals surface area contributed by atoms with E-state index in [4.69, 9.17) is 9.47 Å². The molecule has 0 aliphatic carbocycles. The number of carbonyl (C=O) groups excluding carboxylic acids is 2. The fraction of sp³-hybridized carbons (Fsp3) is 0.217. The van der Waals surface area contributed by atoms with Gasteiger partial charge in [0.15, 0.2) is 5.69 Å². The lowest BCUT2D eigenvalue weighted by Crippen LogP contribution is -2.27. The maximum Gasteiger partial charge on any atom is 0.360 e. The Bertz CT molecular complexity index is 1110. The van der Waals surface area contributed by atoms with E-state index in [-0.39, 0.29) is 30.3 Å². The predicted molar refractivity (Wildman–Crippen MR) is 116 cm³/mol. The lowest BCUT2D eigenvalue weighted by molar-refractivity contribution is -0.116. The standard InChI is InChI=1S/C23H23N3O5/c1-3-31-23(29)22-19(15-21(28)26(25-22)17-7-5-4-6-8-17)24-20(27)14-11-16-9-12-18(30-2)13-10-16/h4-10,12-13,15H,3,11,14H2,1-2H3,(H,24,27). The van der Waals surface area contributed by atoms with Gasteiger partial charge in [0, 0.05) is 12.5 Å². The molecule has 0 unspecified atom stereocenters. The number of aryl methyl sites for hydroxylation is 1. The highest BCUT2D eigenvalue weighted by molar-refractivity contribution is 5.99. The van der Waals surface area contributed by atoms with E-state index in [1.165, 1.54) is 6.07 Å². The average Bonchev–Trinajstić information content (AvgIpc) is 2.79. The Morgan fingerprint density at radius 2 is 1.77 bits per heavy atom. The summed E-state index contributed by atoms with van der Waals surface area (Å²) in [6, 6.07) is 17.3. The molecule has 31 heavy (non-hydrogen) atoms. The lowest BCUT2D eigenvalue weighted by Gasteiger charge is -2.12. The van der Waals surface area contributed by atoms with Crippen LogP contribution in [0.25, 0.3) is 5.69 Å². The summed E-state index contributed by atoms with van der Waals surface area (Å²) in [6.07, 6.45) is 0.648. The van der Waals surface area contributed by atoms with Crippen LogP contribution >= 0.6 is 0 Å². The number of nitrogens with zero attached hydrogens (tertiary/aromatic N) is 2. The second-order valence-corrected chi connectivity index (χ2v) is 6.61. The summed E-state index contributed by atoms with van der Waals surface area (Å²) in [5.74, 6) is -0.338. The number of para-hydroxylation sites is 1. The fourth-order valence-corrected chi connectivity index (χ4v) is 2.92. The molecule has 8 heteroatoms. The molecule has 1 amide bonds. The first-order valence-corrected chi connectivity index (χ1v) is 9.81. The number of carbonyl (C=O) groups is 2. The number of benzene rings is 2. The van der Waals surface area contributed by atoms with Crippen LogP contribution in [0.2, 0.25) is 0 Å². The molecule has 0 bridgehead atoms. The first kappa shape index (κ1) is 21.8. The van der Waals surface area contributed by atoms with Gasteiger partial charge in [-0.05, 0) is 43.2 Å². The van der Waals surface area contributed by atoms with Crippen LogP contribution in [0.5, 0.6) is 5.75 Å². The highest BCUT2D eigenvalue weighted by atomic mass is 16.5. The number of rotatable bonds is 8. The quantitative estimate of drug-likeness (QED) is 0.562. The summed E-state index contributed by atoms with van der Waals surface area (Å²) in [7, 11) is 1.59. The van der Waals surface area contributed by atoms with Gasteiger partial charge in [0.2, 0.25) is 5.91 Å². The molecule has 0 atom stereocenters. The van der Waals surface area contributed by atoms with Gasteiger partial charge in [-0.25, -0.2) is 4.79 Å². The first-order chi connectivity index (χ1) is 15.0. The van der Waals surface area contributed by atoms with E-state index >= 15 is 0 Å². The number of ether oxygens (including phenoxy) is 2. The molecular formula is C23H23N3O5. The van der Waals surface area contributed by atoms with Crippen molar-refractivity contribution in [2.24, 2.45) is 0 Å². The Labute approximate surface area is 179 Å². The van der Waals surface area contributed by atoms with Gasteiger partial charge in [0.25, 0.3) is 5.56 Å². The van der Waals surface area contributed by atoms with E-state index in [0.717, 1.165) is 16.0 Å². The van der Waals surface area contributed by atoms with Crippen LogP contribution in [-0.2, 0) is 16.0 Å². The largest absolute Gasteiger partial charge is 0.497 e. The van der Waals surface area contributed by atoms with Gasteiger partial charge in [-0.2, -0.15) is 9.78 Å². The molecule has 0 aliphatic heterocycles. The normalized spacial score (nSPS) is 10.4. The minimum atomic E-state index is -0.724. The summed E-state index contributed by atoms with van der Waals surface area (Å²) in [4.78, 5) is 37.5. The molecule has 0 radical (unpaired) electrons. The van der Waals surface area contributed by atoms with E-state index in [0.29, 0.717) is 12.1 Å².